The maximum absolute atomic E-state index is 5.60. The molecule has 3 heteroatoms. The summed E-state index contributed by atoms with van der Waals surface area (Å²) in [5.74, 6) is 0.887. The van der Waals surface area contributed by atoms with Crippen molar-refractivity contribution in [3.05, 3.63) is 23.5 Å². The van der Waals surface area contributed by atoms with Gasteiger partial charge in [-0.3, -0.25) is 4.98 Å². The van der Waals surface area contributed by atoms with Gasteiger partial charge in [0.1, 0.15) is 12.4 Å². The standard InChI is InChI=1S/C11H18N2O/c1-9-5-6-11(10(2)12-9)14-8-7-13(3)4/h5-6H,7-8H2,1-4H3. The van der Waals surface area contributed by atoms with Gasteiger partial charge in [-0.05, 0) is 40.1 Å². The van der Waals surface area contributed by atoms with Crippen LogP contribution in [-0.2, 0) is 0 Å². The molecule has 1 aromatic heterocycles. The van der Waals surface area contributed by atoms with Gasteiger partial charge < -0.3 is 9.64 Å². The Morgan fingerprint density at radius 3 is 2.57 bits per heavy atom. The van der Waals surface area contributed by atoms with Crippen molar-refractivity contribution in [3.8, 4) is 5.75 Å². The highest BCUT2D eigenvalue weighted by atomic mass is 16.5. The van der Waals surface area contributed by atoms with Gasteiger partial charge in [-0.1, -0.05) is 0 Å². The fraction of sp³-hybridized carbons (Fsp3) is 0.545. The van der Waals surface area contributed by atoms with Crippen molar-refractivity contribution in [2.75, 3.05) is 27.2 Å². The van der Waals surface area contributed by atoms with Crippen LogP contribution in [0.25, 0.3) is 0 Å². The van der Waals surface area contributed by atoms with Crippen LogP contribution in [0.3, 0.4) is 0 Å². The summed E-state index contributed by atoms with van der Waals surface area (Å²) in [5, 5.41) is 0. The molecule has 78 valence electrons. The SMILES string of the molecule is Cc1ccc(OCCN(C)C)c(C)n1. The van der Waals surface area contributed by atoms with Crippen LogP contribution in [0.4, 0.5) is 0 Å². The molecule has 0 aliphatic heterocycles. The Kier molecular flexibility index (Phi) is 3.89. The highest BCUT2D eigenvalue weighted by molar-refractivity contribution is 5.27. The Morgan fingerprint density at radius 2 is 2.00 bits per heavy atom. The molecule has 0 aliphatic carbocycles. The summed E-state index contributed by atoms with van der Waals surface area (Å²) < 4.78 is 5.60. The number of aryl methyl sites for hydroxylation is 2. The first-order valence-corrected chi connectivity index (χ1v) is 4.81. The fourth-order valence-corrected chi connectivity index (χ4v) is 1.16. The fourth-order valence-electron chi connectivity index (χ4n) is 1.16. The summed E-state index contributed by atoms with van der Waals surface area (Å²) in [5.41, 5.74) is 1.99. The summed E-state index contributed by atoms with van der Waals surface area (Å²) in [6, 6.07) is 3.95. The minimum Gasteiger partial charge on any atom is -0.490 e. The summed E-state index contributed by atoms with van der Waals surface area (Å²) >= 11 is 0. The van der Waals surface area contributed by atoms with Gasteiger partial charge in [-0.2, -0.15) is 0 Å². The summed E-state index contributed by atoms with van der Waals surface area (Å²) in [7, 11) is 4.06. The lowest BCUT2D eigenvalue weighted by atomic mass is 10.3. The van der Waals surface area contributed by atoms with Crippen LogP contribution >= 0.6 is 0 Å². The number of hydrogen-bond acceptors (Lipinski definition) is 3. The average molecular weight is 194 g/mol. The van der Waals surface area contributed by atoms with Crippen molar-refractivity contribution in [3.63, 3.8) is 0 Å². The van der Waals surface area contributed by atoms with Crippen LogP contribution in [0, 0.1) is 13.8 Å². The van der Waals surface area contributed by atoms with E-state index in [0.717, 1.165) is 23.7 Å². The molecule has 1 aromatic rings. The minimum atomic E-state index is 0.707. The Labute approximate surface area is 85.7 Å². The molecule has 0 aromatic carbocycles. The first-order valence-electron chi connectivity index (χ1n) is 4.81. The predicted molar refractivity (Wildman–Crippen MR) is 57.8 cm³/mol. The van der Waals surface area contributed by atoms with Gasteiger partial charge in [0.15, 0.2) is 0 Å². The Bertz CT molecular complexity index is 297. The van der Waals surface area contributed by atoms with Crippen LogP contribution in [0.1, 0.15) is 11.4 Å². The first-order chi connectivity index (χ1) is 6.59. The average Bonchev–Trinajstić information content (AvgIpc) is 2.08. The summed E-state index contributed by atoms with van der Waals surface area (Å²) in [6.45, 7) is 5.58. The smallest absolute Gasteiger partial charge is 0.140 e. The third kappa shape index (κ3) is 3.34. The second-order valence-electron chi connectivity index (χ2n) is 3.69. The number of nitrogens with zero attached hydrogens (tertiary/aromatic N) is 2. The second kappa shape index (κ2) is 4.96. The molecule has 0 fully saturated rings. The molecule has 1 heterocycles. The Morgan fingerprint density at radius 1 is 1.29 bits per heavy atom. The molecule has 0 N–H and O–H groups in total. The van der Waals surface area contributed by atoms with Gasteiger partial charge in [0, 0.05) is 12.2 Å². The molecule has 1 rings (SSSR count). The third-order valence-electron chi connectivity index (χ3n) is 1.97. The molecular weight excluding hydrogens is 176 g/mol. The molecule has 3 nitrogen and oxygen atoms in total. The summed E-state index contributed by atoms with van der Waals surface area (Å²) in [6.07, 6.45) is 0. The van der Waals surface area contributed by atoms with Gasteiger partial charge in [-0.15, -0.1) is 0 Å². The van der Waals surface area contributed by atoms with Crippen molar-refractivity contribution in [1.82, 2.24) is 9.88 Å². The van der Waals surface area contributed by atoms with Crippen molar-refractivity contribution in [2.24, 2.45) is 0 Å². The topological polar surface area (TPSA) is 25.4 Å². The van der Waals surface area contributed by atoms with Crippen LogP contribution in [0.5, 0.6) is 5.75 Å². The van der Waals surface area contributed by atoms with E-state index in [1.807, 2.05) is 40.1 Å². The first kappa shape index (κ1) is 11.0. The molecule has 0 spiro atoms. The highest BCUT2D eigenvalue weighted by Gasteiger charge is 2.00. The van der Waals surface area contributed by atoms with Crippen LogP contribution < -0.4 is 4.74 Å². The molecule has 0 aliphatic rings. The lowest BCUT2D eigenvalue weighted by Gasteiger charge is -2.12. The van der Waals surface area contributed by atoms with Crippen LogP contribution in [0.15, 0.2) is 12.1 Å². The molecule has 0 radical (unpaired) electrons. The number of aromatic nitrogens is 1. The van der Waals surface area contributed by atoms with E-state index < -0.39 is 0 Å². The van der Waals surface area contributed by atoms with E-state index in [1.54, 1.807) is 0 Å². The summed E-state index contributed by atoms with van der Waals surface area (Å²) in [4.78, 5) is 6.43. The maximum Gasteiger partial charge on any atom is 0.140 e. The Balaban J connectivity index is 2.51. The van der Waals surface area contributed by atoms with Crippen LogP contribution in [0.2, 0.25) is 0 Å². The van der Waals surface area contributed by atoms with Gasteiger partial charge >= 0.3 is 0 Å². The molecule has 0 unspecified atom stereocenters. The normalized spacial score (nSPS) is 10.6. The third-order valence-corrected chi connectivity index (χ3v) is 1.97. The van der Waals surface area contributed by atoms with E-state index in [0.29, 0.717) is 6.61 Å². The van der Waals surface area contributed by atoms with E-state index in [4.69, 9.17) is 4.74 Å². The largest absolute Gasteiger partial charge is 0.490 e. The van der Waals surface area contributed by atoms with Crippen molar-refractivity contribution < 1.29 is 4.74 Å². The minimum absolute atomic E-state index is 0.707. The molecule has 0 amide bonds. The van der Waals surface area contributed by atoms with Crippen LogP contribution in [-0.4, -0.2) is 37.1 Å². The number of likely N-dealkylation sites (N-methyl/N-ethyl adjacent to an activating group) is 1. The zero-order valence-corrected chi connectivity index (χ0v) is 9.37. The second-order valence-corrected chi connectivity index (χ2v) is 3.69. The maximum atomic E-state index is 5.60. The molecule has 0 saturated carbocycles. The van der Waals surface area contributed by atoms with E-state index >= 15 is 0 Å². The van der Waals surface area contributed by atoms with Crippen molar-refractivity contribution >= 4 is 0 Å². The lowest BCUT2D eigenvalue weighted by molar-refractivity contribution is 0.259. The van der Waals surface area contributed by atoms with E-state index in [9.17, 15) is 0 Å². The zero-order chi connectivity index (χ0) is 10.6. The predicted octanol–water partition coefficient (Wildman–Crippen LogP) is 1.64. The monoisotopic (exact) mass is 194 g/mol. The van der Waals surface area contributed by atoms with Crippen molar-refractivity contribution in [1.29, 1.82) is 0 Å². The number of hydrogen-bond donors (Lipinski definition) is 0. The molecule has 0 atom stereocenters. The number of rotatable bonds is 4. The van der Waals surface area contributed by atoms with Gasteiger partial charge in [0.25, 0.3) is 0 Å². The molecular formula is C11H18N2O. The quantitative estimate of drug-likeness (QED) is 0.728. The highest BCUT2D eigenvalue weighted by Crippen LogP contribution is 2.15. The van der Waals surface area contributed by atoms with E-state index in [1.165, 1.54) is 0 Å². The zero-order valence-electron chi connectivity index (χ0n) is 9.37. The molecule has 0 saturated heterocycles. The van der Waals surface area contributed by atoms with Crippen molar-refractivity contribution in [2.45, 2.75) is 13.8 Å². The van der Waals surface area contributed by atoms with E-state index in [-0.39, 0.29) is 0 Å². The lowest BCUT2D eigenvalue weighted by Crippen LogP contribution is -2.19. The Hall–Kier alpha value is -1.09. The molecule has 14 heavy (non-hydrogen) atoms. The van der Waals surface area contributed by atoms with Gasteiger partial charge in [0.2, 0.25) is 0 Å². The van der Waals surface area contributed by atoms with Gasteiger partial charge in [-0.25, -0.2) is 0 Å². The number of pyridine rings is 1. The molecule has 0 bridgehead atoms. The van der Waals surface area contributed by atoms with Gasteiger partial charge in [0.05, 0.1) is 5.69 Å². The number of ether oxygens (including phenoxy) is 1. The van der Waals surface area contributed by atoms with E-state index in [2.05, 4.69) is 9.88 Å².